The summed E-state index contributed by atoms with van der Waals surface area (Å²) in [6.45, 7) is 0.806. The van der Waals surface area contributed by atoms with Crippen LogP contribution in [0.1, 0.15) is 5.56 Å². The minimum absolute atomic E-state index is 0.402. The molecule has 0 amide bonds. The summed E-state index contributed by atoms with van der Waals surface area (Å²) in [4.78, 5) is 3.96. The molecule has 4 nitrogen and oxygen atoms in total. The number of hydrogen-bond acceptors (Lipinski definition) is 4. The minimum atomic E-state index is 0.402. The molecular formula is C11H11ClN4. The van der Waals surface area contributed by atoms with E-state index in [4.69, 9.17) is 11.6 Å². The van der Waals surface area contributed by atoms with Crippen LogP contribution < -0.4 is 5.32 Å². The Kier molecular flexibility index (Phi) is 3.66. The number of nitrogens with one attached hydrogen (secondary N) is 1. The summed E-state index contributed by atoms with van der Waals surface area (Å²) in [6.07, 6.45) is 4.50. The van der Waals surface area contributed by atoms with Gasteiger partial charge in [0.05, 0.1) is 0 Å². The Morgan fingerprint density at radius 2 is 1.88 bits per heavy atom. The maximum atomic E-state index is 5.63. The largest absolute Gasteiger partial charge is 0.368 e. The van der Waals surface area contributed by atoms with E-state index >= 15 is 0 Å². The highest BCUT2D eigenvalue weighted by atomic mass is 35.5. The second-order valence-corrected chi connectivity index (χ2v) is 3.66. The first kappa shape index (κ1) is 10.8. The number of aromatic nitrogens is 3. The van der Waals surface area contributed by atoms with Gasteiger partial charge in [0.15, 0.2) is 5.15 Å². The molecule has 1 N–H and O–H groups in total. The van der Waals surface area contributed by atoms with Crippen molar-refractivity contribution in [2.45, 2.75) is 6.42 Å². The molecule has 0 saturated heterocycles. The average molecular weight is 235 g/mol. The van der Waals surface area contributed by atoms with E-state index in [0.29, 0.717) is 5.15 Å². The van der Waals surface area contributed by atoms with Crippen molar-refractivity contribution < 1.29 is 0 Å². The first-order valence-corrected chi connectivity index (χ1v) is 5.34. The van der Waals surface area contributed by atoms with Gasteiger partial charge in [0.1, 0.15) is 5.82 Å². The Bertz CT molecular complexity index is 429. The van der Waals surface area contributed by atoms with E-state index in [1.54, 1.807) is 18.5 Å². The first-order valence-electron chi connectivity index (χ1n) is 4.96. The summed E-state index contributed by atoms with van der Waals surface area (Å²) in [5, 5.41) is 11.2. The fourth-order valence-electron chi connectivity index (χ4n) is 1.29. The molecule has 0 fully saturated rings. The van der Waals surface area contributed by atoms with Gasteiger partial charge in [0, 0.05) is 18.9 Å². The Labute approximate surface area is 98.7 Å². The molecule has 82 valence electrons. The van der Waals surface area contributed by atoms with Crippen LogP contribution in [0.4, 0.5) is 5.82 Å². The monoisotopic (exact) mass is 234 g/mol. The maximum Gasteiger partial charge on any atom is 0.151 e. The smallest absolute Gasteiger partial charge is 0.151 e. The molecule has 0 unspecified atom stereocenters. The average Bonchev–Trinajstić information content (AvgIpc) is 2.33. The number of pyridine rings is 1. The van der Waals surface area contributed by atoms with Gasteiger partial charge >= 0.3 is 0 Å². The van der Waals surface area contributed by atoms with Crippen LogP contribution in [0.3, 0.4) is 0 Å². The molecule has 2 aromatic heterocycles. The molecule has 2 aromatic rings. The van der Waals surface area contributed by atoms with E-state index in [1.165, 1.54) is 5.56 Å². The van der Waals surface area contributed by atoms with Crippen LogP contribution in [0, 0.1) is 0 Å². The zero-order valence-corrected chi connectivity index (χ0v) is 9.35. The summed E-state index contributed by atoms with van der Waals surface area (Å²) in [5.74, 6) is 0.735. The highest BCUT2D eigenvalue weighted by Gasteiger charge is 1.95. The van der Waals surface area contributed by atoms with Gasteiger partial charge in [-0.1, -0.05) is 11.6 Å². The second kappa shape index (κ2) is 5.42. The SMILES string of the molecule is Clc1ccc(NCCc2ccncc2)nn1. The molecule has 0 aromatic carbocycles. The van der Waals surface area contributed by atoms with Gasteiger partial charge in [-0.15, -0.1) is 10.2 Å². The molecule has 0 aliphatic heterocycles. The van der Waals surface area contributed by atoms with Gasteiger partial charge in [0.2, 0.25) is 0 Å². The van der Waals surface area contributed by atoms with E-state index in [2.05, 4.69) is 20.5 Å². The summed E-state index contributed by atoms with van der Waals surface area (Å²) in [7, 11) is 0. The van der Waals surface area contributed by atoms with E-state index < -0.39 is 0 Å². The summed E-state index contributed by atoms with van der Waals surface area (Å²) in [5.41, 5.74) is 1.24. The van der Waals surface area contributed by atoms with Gasteiger partial charge in [-0.2, -0.15) is 0 Å². The molecule has 0 atom stereocenters. The van der Waals surface area contributed by atoms with Gasteiger partial charge in [-0.05, 0) is 36.2 Å². The highest BCUT2D eigenvalue weighted by molar-refractivity contribution is 6.29. The van der Waals surface area contributed by atoms with Crippen LogP contribution in [0.2, 0.25) is 5.15 Å². The standard InChI is InChI=1S/C11H11ClN4/c12-10-1-2-11(16-15-10)14-8-5-9-3-6-13-7-4-9/h1-4,6-7H,5,8H2,(H,14,16). The number of nitrogens with zero attached hydrogens (tertiary/aromatic N) is 3. The lowest BCUT2D eigenvalue weighted by molar-refractivity contribution is 0.964. The van der Waals surface area contributed by atoms with E-state index in [-0.39, 0.29) is 0 Å². The summed E-state index contributed by atoms with van der Waals surface area (Å²) < 4.78 is 0. The van der Waals surface area contributed by atoms with E-state index in [1.807, 2.05) is 18.2 Å². The third kappa shape index (κ3) is 3.17. The summed E-state index contributed by atoms with van der Waals surface area (Å²) >= 11 is 5.63. The van der Waals surface area contributed by atoms with Crippen molar-refractivity contribution in [1.29, 1.82) is 0 Å². The molecule has 0 saturated carbocycles. The van der Waals surface area contributed by atoms with Crippen LogP contribution in [-0.4, -0.2) is 21.7 Å². The molecule has 0 aliphatic rings. The Balaban J connectivity index is 1.82. The second-order valence-electron chi connectivity index (χ2n) is 3.27. The minimum Gasteiger partial charge on any atom is -0.368 e. The molecule has 0 spiro atoms. The first-order chi connectivity index (χ1) is 7.84. The molecule has 5 heteroatoms. The lowest BCUT2D eigenvalue weighted by Gasteiger charge is -2.04. The number of anilines is 1. The molecular weight excluding hydrogens is 224 g/mol. The van der Waals surface area contributed by atoms with Gasteiger partial charge in [-0.25, -0.2) is 0 Å². The third-order valence-electron chi connectivity index (χ3n) is 2.10. The third-order valence-corrected chi connectivity index (χ3v) is 2.30. The Morgan fingerprint density at radius 1 is 1.06 bits per heavy atom. The van der Waals surface area contributed by atoms with Crippen LogP contribution in [0.5, 0.6) is 0 Å². The van der Waals surface area contributed by atoms with Crippen molar-refractivity contribution in [3.63, 3.8) is 0 Å². The lowest BCUT2D eigenvalue weighted by Crippen LogP contribution is -2.06. The molecule has 0 bridgehead atoms. The topological polar surface area (TPSA) is 50.7 Å². The van der Waals surface area contributed by atoms with Crippen molar-refractivity contribution >= 4 is 17.4 Å². The van der Waals surface area contributed by atoms with Gasteiger partial charge < -0.3 is 5.32 Å². The number of rotatable bonds is 4. The fraction of sp³-hybridized carbons (Fsp3) is 0.182. The fourth-order valence-corrected chi connectivity index (χ4v) is 1.40. The zero-order valence-electron chi connectivity index (χ0n) is 8.60. The van der Waals surface area contributed by atoms with E-state index in [0.717, 1.165) is 18.8 Å². The van der Waals surface area contributed by atoms with Crippen molar-refractivity contribution in [1.82, 2.24) is 15.2 Å². The zero-order chi connectivity index (χ0) is 11.2. The molecule has 0 radical (unpaired) electrons. The van der Waals surface area contributed by atoms with Crippen molar-refractivity contribution in [2.24, 2.45) is 0 Å². The number of halogens is 1. The molecule has 0 aliphatic carbocycles. The molecule has 16 heavy (non-hydrogen) atoms. The Hall–Kier alpha value is -1.68. The lowest BCUT2D eigenvalue weighted by atomic mass is 10.2. The van der Waals surface area contributed by atoms with Crippen LogP contribution in [0.15, 0.2) is 36.7 Å². The van der Waals surface area contributed by atoms with Gasteiger partial charge in [-0.3, -0.25) is 4.98 Å². The molecule has 2 rings (SSSR count). The highest BCUT2D eigenvalue weighted by Crippen LogP contribution is 2.06. The predicted molar refractivity (Wildman–Crippen MR) is 63.5 cm³/mol. The predicted octanol–water partition coefficient (Wildman–Crippen LogP) is 2.18. The quantitative estimate of drug-likeness (QED) is 0.881. The number of hydrogen-bond donors (Lipinski definition) is 1. The Morgan fingerprint density at radius 3 is 2.56 bits per heavy atom. The van der Waals surface area contributed by atoms with Crippen molar-refractivity contribution in [2.75, 3.05) is 11.9 Å². The summed E-state index contributed by atoms with van der Waals surface area (Å²) in [6, 6.07) is 7.51. The van der Waals surface area contributed by atoms with E-state index in [9.17, 15) is 0 Å². The van der Waals surface area contributed by atoms with Gasteiger partial charge in [0.25, 0.3) is 0 Å². The van der Waals surface area contributed by atoms with Crippen LogP contribution >= 0.6 is 11.6 Å². The normalized spacial score (nSPS) is 10.1. The van der Waals surface area contributed by atoms with Crippen LogP contribution in [0.25, 0.3) is 0 Å². The van der Waals surface area contributed by atoms with Crippen molar-refractivity contribution in [3.05, 3.63) is 47.4 Å². The van der Waals surface area contributed by atoms with Crippen LogP contribution in [-0.2, 0) is 6.42 Å². The maximum absolute atomic E-state index is 5.63. The van der Waals surface area contributed by atoms with Crippen molar-refractivity contribution in [3.8, 4) is 0 Å². The molecule has 2 heterocycles.